The topological polar surface area (TPSA) is 183 Å². The van der Waals surface area contributed by atoms with Gasteiger partial charge >= 0.3 is 23.9 Å². The number of hydrogen-bond acceptors (Lipinski definition) is 14. The molecule has 14 heteroatoms. The van der Waals surface area contributed by atoms with Gasteiger partial charge in [0.15, 0.2) is 23.9 Å². The lowest BCUT2D eigenvalue weighted by molar-refractivity contribution is -0.332. The Morgan fingerprint density at radius 2 is 1.23 bits per heavy atom. The molecule has 2 N–H and O–H groups in total. The minimum Gasteiger partial charge on any atom is -0.504 e. The van der Waals surface area contributed by atoms with Crippen LogP contribution in [0.1, 0.15) is 48.5 Å². The highest BCUT2D eigenvalue weighted by Crippen LogP contribution is 2.41. The molecule has 1 aromatic rings. The predicted octanol–water partition coefficient (Wildman–Crippen LogP) is 2.21. The van der Waals surface area contributed by atoms with E-state index >= 15 is 0 Å². The van der Waals surface area contributed by atoms with Crippen LogP contribution in [0.2, 0.25) is 0 Å². The third-order valence-electron chi connectivity index (χ3n) is 7.42. The van der Waals surface area contributed by atoms with Gasteiger partial charge in [0.2, 0.25) is 12.0 Å². The van der Waals surface area contributed by atoms with E-state index < -0.39 is 78.6 Å². The number of aromatic hydroxyl groups is 2. The summed E-state index contributed by atoms with van der Waals surface area (Å²) in [6.07, 6.45) is -6.84. The summed E-state index contributed by atoms with van der Waals surface area (Å²) in [5.74, 6) is -4.65. The molecule has 240 valence electrons. The van der Waals surface area contributed by atoms with Gasteiger partial charge in [0.1, 0.15) is 31.5 Å². The Morgan fingerprint density at radius 3 is 1.79 bits per heavy atom. The van der Waals surface area contributed by atoms with E-state index in [-0.39, 0.29) is 36.5 Å². The zero-order valence-electron chi connectivity index (χ0n) is 25.2. The molecule has 43 heavy (non-hydrogen) atoms. The molecule has 0 aliphatic carbocycles. The van der Waals surface area contributed by atoms with Crippen LogP contribution in [0.5, 0.6) is 17.2 Å². The van der Waals surface area contributed by atoms with Crippen LogP contribution in [0.25, 0.3) is 0 Å². The lowest BCUT2D eigenvalue weighted by Gasteiger charge is -2.48. The molecule has 3 rings (SSSR count). The van der Waals surface area contributed by atoms with Crippen molar-refractivity contribution in [3.05, 3.63) is 18.2 Å². The standard InChI is InChI=1S/C29H40O14/c1-13-14(2)28(40-21-10-8-9-20(34)24(21)35)41-22(11-36-16(4)30)25(13)43-29-15(3)26(38-18(6)32)27(39-19(7)33)23(42-29)12-37-17(5)31/h8-10,13-15,22-23,25-29,34-35H,11-12H2,1-7H3/t13-,14-,15-,22-,23-,25+,26-,27+,28-,29+/m1/s1. The summed E-state index contributed by atoms with van der Waals surface area (Å²) in [6.45, 7) is 9.71. The van der Waals surface area contributed by atoms with Crippen molar-refractivity contribution in [1.29, 1.82) is 0 Å². The van der Waals surface area contributed by atoms with Gasteiger partial charge in [0, 0.05) is 39.5 Å². The van der Waals surface area contributed by atoms with E-state index in [1.807, 2.05) is 13.8 Å². The molecular formula is C29H40O14. The Bertz CT molecular complexity index is 1150. The highest BCUT2D eigenvalue weighted by atomic mass is 16.7. The molecule has 0 unspecified atom stereocenters. The minimum absolute atomic E-state index is 0.00654. The van der Waals surface area contributed by atoms with E-state index in [2.05, 4.69) is 0 Å². The number of phenols is 2. The van der Waals surface area contributed by atoms with Crippen molar-refractivity contribution in [3.8, 4) is 17.2 Å². The number of para-hydroxylation sites is 1. The zero-order valence-corrected chi connectivity index (χ0v) is 25.2. The molecular weight excluding hydrogens is 572 g/mol. The van der Waals surface area contributed by atoms with Crippen LogP contribution in [0.4, 0.5) is 0 Å². The van der Waals surface area contributed by atoms with Crippen LogP contribution in [0.3, 0.4) is 0 Å². The summed E-state index contributed by atoms with van der Waals surface area (Å²) in [5, 5.41) is 20.1. The average molecular weight is 613 g/mol. The summed E-state index contributed by atoms with van der Waals surface area (Å²) in [6, 6.07) is 4.27. The number of phenolic OH excluding ortho intramolecular Hbond substituents is 2. The van der Waals surface area contributed by atoms with E-state index in [1.165, 1.54) is 45.9 Å². The average Bonchev–Trinajstić information content (AvgIpc) is 2.92. The summed E-state index contributed by atoms with van der Waals surface area (Å²) in [5.41, 5.74) is 0. The number of carbonyl (C=O) groups is 4. The van der Waals surface area contributed by atoms with Gasteiger partial charge < -0.3 is 48.1 Å². The molecule has 0 radical (unpaired) electrons. The Kier molecular flexibility index (Phi) is 11.6. The van der Waals surface area contributed by atoms with Crippen molar-refractivity contribution in [2.75, 3.05) is 13.2 Å². The van der Waals surface area contributed by atoms with Gasteiger partial charge in [-0.1, -0.05) is 26.8 Å². The van der Waals surface area contributed by atoms with Crippen molar-refractivity contribution >= 4 is 23.9 Å². The molecule has 2 saturated heterocycles. The second kappa shape index (κ2) is 14.7. The number of ether oxygens (including phenoxy) is 8. The molecule has 0 aromatic heterocycles. The summed E-state index contributed by atoms with van der Waals surface area (Å²) < 4.78 is 46.1. The maximum absolute atomic E-state index is 12.0. The maximum Gasteiger partial charge on any atom is 0.303 e. The van der Waals surface area contributed by atoms with E-state index in [0.717, 1.165) is 0 Å². The van der Waals surface area contributed by atoms with Crippen LogP contribution < -0.4 is 4.74 Å². The highest BCUT2D eigenvalue weighted by Gasteiger charge is 2.52. The van der Waals surface area contributed by atoms with Crippen LogP contribution in [-0.2, 0) is 52.3 Å². The normalized spacial score (nSPS) is 32.3. The van der Waals surface area contributed by atoms with Crippen molar-refractivity contribution < 1.29 is 67.3 Å². The smallest absolute Gasteiger partial charge is 0.303 e. The number of carbonyl (C=O) groups excluding carboxylic acids is 4. The first-order valence-electron chi connectivity index (χ1n) is 13.9. The fraction of sp³-hybridized carbons (Fsp3) is 0.655. The third kappa shape index (κ3) is 8.71. The first-order chi connectivity index (χ1) is 20.2. The number of esters is 4. The maximum atomic E-state index is 12.0. The molecule has 0 amide bonds. The molecule has 14 nitrogen and oxygen atoms in total. The van der Waals surface area contributed by atoms with Gasteiger partial charge in [-0.3, -0.25) is 19.2 Å². The Balaban J connectivity index is 1.90. The predicted molar refractivity (Wildman–Crippen MR) is 144 cm³/mol. The van der Waals surface area contributed by atoms with Gasteiger partial charge in [0.05, 0.1) is 6.10 Å². The first kappa shape index (κ1) is 33.9. The minimum atomic E-state index is -1.10. The molecule has 2 aliphatic heterocycles. The highest BCUT2D eigenvalue weighted by molar-refractivity contribution is 5.68. The number of benzene rings is 1. The van der Waals surface area contributed by atoms with E-state index in [1.54, 1.807) is 6.92 Å². The van der Waals surface area contributed by atoms with Crippen LogP contribution in [-0.4, -0.2) is 90.4 Å². The second-order valence-corrected chi connectivity index (χ2v) is 10.8. The molecule has 0 spiro atoms. The monoisotopic (exact) mass is 612 g/mol. The van der Waals surface area contributed by atoms with Crippen LogP contribution in [0, 0.1) is 17.8 Å². The summed E-state index contributed by atoms with van der Waals surface area (Å²) >= 11 is 0. The first-order valence-corrected chi connectivity index (χ1v) is 13.9. The van der Waals surface area contributed by atoms with Crippen molar-refractivity contribution in [1.82, 2.24) is 0 Å². The van der Waals surface area contributed by atoms with Gasteiger partial charge in [-0.05, 0) is 18.1 Å². The Labute approximate surface area is 249 Å². The molecule has 10 atom stereocenters. The van der Waals surface area contributed by atoms with Crippen LogP contribution in [0.15, 0.2) is 18.2 Å². The largest absolute Gasteiger partial charge is 0.504 e. The molecule has 2 aliphatic rings. The quantitative estimate of drug-likeness (QED) is 0.223. The fourth-order valence-electron chi connectivity index (χ4n) is 5.05. The second-order valence-electron chi connectivity index (χ2n) is 10.8. The summed E-state index contributed by atoms with van der Waals surface area (Å²) in [4.78, 5) is 47.3. The fourth-order valence-corrected chi connectivity index (χ4v) is 5.05. The molecule has 2 heterocycles. The lowest BCUT2D eigenvalue weighted by atomic mass is 9.84. The number of rotatable bonds is 10. The van der Waals surface area contributed by atoms with Gasteiger partial charge in [0.25, 0.3) is 0 Å². The summed E-state index contributed by atoms with van der Waals surface area (Å²) in [7, 11) is 0. The van der Waals surface area contributed by atoms with E-state index in [4.69, 9.17) is 37.9 Å². The van der Waals surface area contributed by atoms with Gasteiger partial charge in [-0.2, -0.15) is 0 Å². The van der Waals surface area contributed by atoms with E-state index in [9.17, 15) is 29.4 Å². The lowest BCUT2D eigenvalue weighted by Crippen LogP contribution is -2.61. The van der Waals surface area contributed by atoms with Gasteiger partial charge in [-0.15, -0.1) is 0 Å². The third-order valence-corrected chi connectivity index (χ3v) is 7.42. The number of hydrogen-bond donors (Lipinski definition) is 2. The van der Waals surface area contributed by atoms with Crippen LogP contribution >= 0.6 is 0 Å². The van der Waals surface area contributed by atoms with Crippen molar-refractivity contribution in [2.24, 2.45) is 17.8 Å². The molecule has 1 aromatic carbocycles. The Morgan fingerprint density at radius 1 is 0.698 bits per heavy atom. The van der Waals surface area contributed by atoms with Crippen molar-refractivity contribution in [3.63, 3.8) is 0 Å². The molecule has 0 saturated carbocycles. The zero-order chi connectivity index (χ0) is 32.0. The SMILES string of the molecule is CC(=O)OC[C@H]1O[C@@H](O[C@H]2[C@H](C)[C@@H](C)[C@H](Oc3cccc(O)c3O)O[C@@H]2COC(C)=O)[C@H](C)[C@@H](OC(C)=O)[C@H]1OC(C)=O. The molecule has 2 fully saturated rings. The van der Waals surface area contributed by atoms with E-state index in [0.29, 0.717) is 0 Å². The Hall–Kier alpha value is -3.62. The molecule has 0 bridgehead atoms. The van der Waals surface area contributed by atoms with Crippen molar-refractivity contribution in [2.45, 2.75) is 91.6 Å². The van der Waals surface area contributed by atoms with Gasteiger partial charge in [-0.25, -0.2) is 0 Å².